The highest BCUT2D eigenvalue weighted by Crippen LogP contribution is 2.21. The van der Waals surface area contributed by atoms with E-state index in [1.54, 1.807) is 23.1 Å². The normalized spacial score (nSPS) is 18.7. The summed E-state index contributed by atoms with van der Waals surface area (Å²) in [4.78, 5) is 13.7. The highest BCUT2D eigenvalue weighted by molar-refractivity contribution is 6.35. The average Bonchev–Trinajstić information content (AvgIpc) is 2.85. The van der Waals surface area contributed by atoms with Crippen molar-refractivity contribution in [3.63, 3.8) is 0 Å². The van der Waals surface area contributed by atoms with Gasteiger partial charge in [-0.2, -0.15) is 0 Å². The summed E-state index contributed by atoms with van der Waals surface area (Å²) >= 11 is 11.9. The molecule has 0 saturated carbocycles. The van der Waals surface area contributed by atoms with Crippen LogP contribution in [0.3, 0.4) is 0 Å². The van der Waals surface area contributed by atoms with Crippen LogP contribution in [0.1, 0.15) is 18.4 Å². The molecule has 2 rings (SSSR count). The number of benzene rings is 1. The van der Waals surface area contributed by atoms with Crippen LogP contribution in [0.4, 0.5) is 4.79 Å². The second kappa shape index (κ2) is 6.46. The third-order valence-corrected chi connectivity index (χ3v) is 3.88. The average molecular weight is 303 g/mol. The molecule has 0 spiro atoms. The van der Waals surface area contributed by atoms with Crippen LogP contribution in [0.5, 0.6) is 0 Å². The Kier molecular flexibility index (Phi) is 4.91. The van der Waals surface area contributed by atoms with Crippen molar-refractivity contribution < 1.29 is 9.90 Å². The summed E-state index contributed by atoms with van der Waals surface area (Å²) in [5.41, 5.74) is 0.819. The number of carbonyl (C=O) groups excluding carboxylic acids is 1. The number of nitrogens with one attached hydrogen (secondary N) is 1. The van der Waals surface area contributed by atoms with E-state index in [2.05, 4.69) is 5.32 Å². The zero-order valence-corrected chi connectivity index (χ0v) is 11.9. The lowest BCUT2D eigenvalue weighted by Gasteiger charge is -2.23. The molecule has 6 heteroatoms. The topological polar surface area (TPSA) is 52.6 Å². The van der Waals surface area contributed by atoms with Gasteiger partial charge < -0.3 is 15.3 Å². The number of nitrogens with zero attached hydrogens (tertiary/aromatic N) is 1. The van der Waals surface area contributed by atoms with Crippen LogP contribution < -0.4 is 5.32 Å². The van der Waals surface area contributed by atoms with Crippen molar-refractivity contribution in [3.8, 4) is 0 Å². The van der Waals surface area contributed by atoms with E-state index in [1.165, 1.54) is 0 Å². The molecule has 0 aliphatic carbocycles. The summed E-state index contributed by atoms with van der Waals surface area (Å²) in [5.74, 6) is 0. The second-order valence-electron chi connectivity index (χ2n) is 4.57. The van der Waals surface area contributed by atoms with E-state index in [0.29, 0.717) is 23.1 Å². The Balaban J connectivity index is 1.93. The van der Waals surface area contributed by atoms with Gasteiger partial charge in [-0.25, -0.2) is 4.79 Å². The lowest BCUT2D eigenvalue weighted by atomic mass is 10.2. The maximum Gasteiger partial charge on any atom is 0.317 e. The lowest BCUT2D eigenvalue weighted by Crippen LogP contribution is -2.43. The number of hydrogen-bond donors (Lipinski definition) is 2. The fourth-order valence-corrected chi connectivity index (χ4v) is 2.71. The zero-order valence-electron chi connectivity index (χ0n) is 10.4. The van der Waals surface area contributed by atoms with Gasteiger partial charge in [-0.1, -0.05) is 29.3 Å². The van der Waals surface area contributed by atoms with Crippen molar-refractivity contribution in [3.05, 3.63) is 33.8 Å². The van der Waals surface area contributed by atoms with E-state index in [9.17, 15) is 9.90 Å². The van der Waals surface area contributed by atoms with E-state index in [0.717, 1.165) is 18.4 Å². The lowest BCUT2D eigenvalue weighted by molar-refractivity contribution is 0.157. The summed E-state index contributed by atoms with van der Waals surface area (Å²) in [6, 6.07) is 4.94. The predicted octanol–water partition coefficient (Wildman–Crippen LogP) is 2.66. The van der Waals surface area contributed by atoms with Gasteiger partial charge in [0, 0.05) is 23.1 Å². The molecule has 1 aromatic rings. The van der Waals surface area contributed by atoms with Crippen LogP contribution in [0.2, 0.25) is 10.0 Å². The summed E-state index contributed by atoms with van der Waals surface area (Å²) in [6.45, 7) is 1.05. The predicted molar refractivity (Wildman–Crippen MR) is 75.5 cm³/mol. The first-order chi connectivity index (χ1) is 9.11. The molecule has 4 nitrogen and oxygen atoms in total. The molecule has 0 aromatic heterocycles. The molecule has 0 bridgehead atoms. The Morgan fingerprint density at radius 2 is 2.26 bits per heavy atom. The minimum absolute atomic E-state index is 0.00905. The molecular formula is C13H16Cl2N2O2. The van der Waals surface area contributed by atoms with Crippen molar-refractivity contribution in [1.82, 2.24) is 10.2 Å². The number of aliphatic hydroxyl groups is 1. The fourth-order valence-electron chi connectivity index (χ4n) is 2.23. The standard InChI is InChI=1S/C13H16Cl2N2O2/c14-10-4-3-9(12(15)6-10)7-16-13(19)17-5-1-2-11(17)8-18/h3-4,6,11,18H,1-2,5,7-8H2,(H,16,19). The van der Waals surface area contributed by atoms with Crippen LogP contribution >= 0.6 is 23.2 Å². The number of urea groups is 1. The Hall–Kier alpha value is -0.970. The van der Waals surface area contributed by atoms with E-state index >= 15 is 0 Å². The number of hydrogen-bond acceptors (Lipinski definition) is 2. The highest BCUT2D eigenvalue weighted by atomic mass is 35.5. The van der Waals surface area contributed by atoms with Gasteiger partial charge in [0.25, 0.3) is 0 Å². The number of likely N-dealkylation sites (tertiary alicyclic amines) is 1. The van der Waals surface area contributed by atoms with Gasteiger partial charge in [-0.05, 0) is 30.5 Å². The molecule has 1 aliphatic rings. The molecule has 1 saturated heterocycles. The molecule has 1 aromatic carbocycles. The third-order valence-electron chi connectivity index (χ3n) is 3.29. The first-order valence-corrected chi connectivity index (χ1v) is 6.96. The molecule has 1 fully saturated rings. The third kappa shape index (κ3) is 3.53. The molecule has 19 heavy (non-hydrogen) atoms. The number of aliphatic hydroxyl groups excluding tert-OH is 1. The Labute approximate surface area is 122 Å². The summed E-state index contributed by atoms with van der Waals surface area (Å²) in [5, 5.41) is 13.1. The molecule has 1 atom stereocenters. The van der Waals surface area contributed by atoms with E-state index in [-0.39, 0.29) is 18.7 Å². The Bertz CT molecular complexity index is 468. The summed E-state index contributed by atoms with van der Waals surface area (Å²) in [7, 11) is 0. The molecule has 2 N–H and O–H groups in total. The van der Waals surface area contributed by atoms with Crippen LogP contribution in [0.25, 0.3) is 0 Å². The van der Waals surface area contributed by atoms with Crippen molar-refractivity contribution in [2.45, 2.75) is 25.4 Å². The van der Waals surface area contributed by atoms with Crippen LogP contribution in [0, 0.1) is 0 Å². The van der Waals surface area contributed by atoms with Gasteiger partial charge in [-0.3, -0.25) is 0 Å². The maximum absolute atomic E-state index is 12.0. The largest absolute Gasteiger partial charge is 0.394 e. The quantitative estimate of drug-likeness (QED) is 0.902. The van der Waals surface area contributed by atoms with Crippen LogP contribution in [-0.4, -0.2) is 35.2 Å². The van der Waals surface area contributed by atoms with Crippen LogP contribution in [-0.2, 0) is 6.54 Å². The van der Waals surface area contributed by atoms with E-state index in [4.69, 9.17) is 23.2 Å². The first kappa shape index (κ1) is 14.4. The van der Waals surface area contributed by atoms with Crippen molar-refractivity contribution in [1.29, 1.82) is 0 Å². The number of halogens is 2. The van der Waals surface area contributed by atoms with E-state index < -0.39 is 0 Å². The van der Waals surface area contributed by atoms with Crippen molar-refractivity contribution in [2.75, 3.05) is 13.2 Å². The molecule has 1 heterocycles. The molecule has 1 unspecified atom stereocenters. The number of carbonyl (C=O) groups is 1. The highest BCUT2D eigenvalue weighted by Gasteiger charge is 2.27. The minimum atomic E-state index is -0.164. The van der Waals surface area contributed by atoms with E-state index in [1.807, 2.05) is 0 Å². The van der Waals surface area contributed by atoms with Gasteiger partial charge in [0.1, 0.15) is 0 Å². The molecule has 0 radical (unpaired) electrons. The monoisotopic (exact) mass is 302 g/mol. The zero-order chi connectivity index (χ0) is 13.8. The first-order valence-electron chi connectivity index (χ1n) is 6.21. The van der Waals surface area contributed by atoms with Gasteiger partial charge in [0.05, 0.1) is 12.6 Å². The second-order valence-corrected chi connectivity index (χ2v) is 5.41. The van der Waals surface area contributed by atoms with Gasteiger partial charge >= 0.3 is 6.03 Å². The Morgan fingerprint density at radius 3 is 2.95 bits per heavy atom. The molecule has 1 aliphatic heterocycles. The van der Waals surface area contributed by atoms with Crippen molar-refractivity contribution in [2.24, 2.45) is 0 Å². The van der Waals surface area contributed by atoms with Crippen molar-refractivity contribution >= 4 is 29.2 Å². The molecule has 104 valence electrons. The van der Waals surface area contributed by atoms with Gasteiger partial charge in [-0.15, -0.1) is 0 Å². The molecule has 2 amide bonds. The summed E-state index contributed by atoms with van der Waals surface area (Å²) in [6.07, 6.45) is 1.78. The SMILES string of the molecule is O=C(NCc1ccc(Cl)cc1Cl)N1CCCC1CO. The van der Waals surface area contributed by atoms with Gasteiger partial charge in [0.2, 0.25) is 0 Å². The van der Waals surface area contributed by atoms with Gasteiger partial charge in [0.15, 0.2) is 0 Å². The Morgan fingerprint density at radius 1 is 1.47 bits per heavy atom. The summed E-state index contributed by atoms with van der Waals surface area (Å²) < 4.78 is 0. The smallest absolute Gasteiger partial charge is 0.317 e. The minimum Gasteiger partial charge on any atom is -0.394 e. The van der Waals surface area contributed by atoms with Crippen LogP contribution in [0.15, 0.2) is 18.2 Å². The molecular weight excluding hydrogens is 287 g/mol. The fraction of sp³-hybridized carbons (Fsp3) is 0.462. The maximum atomic E-state index is 12.0. The number of amides is 2. The number of rotatable bonds is 3.